The summed E-state index contributed by atoms with van der Waals surface area (Å²) in [5.41, 5.74) is 1.25. The number of carboxylic acid groups (broad SMARTS) is 1. The third-order valence-electron chi connectivity index (χ3n) is 2.53. The van der Waals surface area contributed by atoms with Crippen LogP contribution in [0, 0.1) is 24.0 Å². The zero-order valence-electron chi connectivity index (χ0n) is 11.2. The van der Waals surface area contributed by atoms with E-state index in [1.807, 2.05) is 0 Å². The average molecular weight is 325 g/mol. The summed E-state index contributed by atoms with van der Waals surface area (Å²) in [4.78, 5) is 30.2. The van der Waals surface area contributed by atoms with E-state index < -0.39 is 10.9 Å². The zero-order valence-corrected chi connectivity index (χ0v) is 12.8. The van der Waals surface area contributed by atoms with Crippen LogP contribution in [-0.4, -0.2) is 26.0 Å². The molecule has 0 saturated heterocycles. The highest BCUT2D eigenvalue weighted by Gasteiger charge is 2.19. The Morgan fingerprint density at radius 2 is 2.24 bits per heavy atom. The van der Waals surface area contributed by atoms with Crippen LogP contribution in [0.15, 0.2) is 21.6 Å². The number of thiazole rings is 1. The summed E-state index contributed by atoms with van der Waals surface area (Å²) in [6.45, 7) is 3.45. The number of aromatic nitrogens is 2. The molecule has 2 rings (SSSR count). The number of carboxylic acids is 1. The van der Waals surface area contributed by atoms with E-state index in [2.05, 4.69) is 9.97 Å². The van der Waals surface area contributed by atoms with Crippen molar-refractivity contribution in [3.05, 3.63) is 38.5 Å². The molecule has 0 fully saturated rings. The van der Waals surface area contributed by atoms with Crippen LogP contribution in [0.3, 0.4) is 0 Å². The van der Waals surface area contributed by atoms with Gasteiger partial charge in [0.2, 0.25) is 0 Å². The van der Waals surface area contributed by atoms with E-state index in [-0.39, 0.29) is 17.1 Å². The molecule has 2 aromatic heterocycles. The summed E-state index contributed by atoms with van der Waals surface area (Å²) >= 11 is 2.29. The number of aryl methyl sites for hydroxylation is 2. The van der Waals surface area contributed by atoms with Crippen LogP contribution < -0.4 is 0 Å². The van der Waals surface area contributed by atoms with Gasteiger partial charge in [-0.3, -0.25) is 14.9 Å². The molecule has 0 unspecified atom stereocenters. The number of hydrogen-bond acceptors (Lipinski definition) is 7. The van der Waals surface area contributed by atoms with E-state index in [9.17, 15) is 14.9 Å². The summed E-state index contributed by atoms with van der Waals surface area (Å²) in [7, 11) is 0. The lowest BCUT2D eigenvalue weighted by Crippen LogP contribution is -1.99. The van der Waals surface area contributed by atoms with Crippen molar-refractivity contribution in [2.45, 2.75) is 29.6 Å². The lowest BCUT2D eigenvalue weighted by atomic mass is 10.3. The van der Waals surface area contributed by atoms with Gasteiger partial charge in [-0.15, -0.1) is 11.3 Å². The Hall–Kier alpha value is -2.00. The van der Waals surface area contributed by atoms with Gasteiger partial charge in [0.1, 0.15) is 0 Å². The Labute approximate surface area is 128 Å². The van der Waals surface area contributed by atoms with Gasteiger partial charge in [-0.25, -0.2) is 9.97 Å². The molecule has 2 heterocycles. The third kappa shape index (κ3) is 3.76. The van der Waals surface area contributed by atoms with Crippen LogP contribution in [0.5, 0.6) is 0 Å². The van der Waals surface area contributed by atoms with Crippen molar-refractivity contribution < 1.29 is 14.8 Å². The Balaban J connectivity index is 2.30. The summed E-state index contributed by atoms with van der Waals surface area (Å²) in [6, 6.07) is 1.45. The number of rotatable bonds is 5. The molecule has 0 bridgehead atoms. The normalized spacial score (nSPS) is 10.6. The van der Waals surface area contributed by atoms with Crippen molar-refractivity contribution in [1.82, 2.24) is 9.97 Å². The third-order valence-corrected chi connectivity index (χ3v) is 4.76. The van der Waals surface area contributed by atoms with Crippen molar-refractivity contribution in [2.75, 3.05) is 0 Å². The fourth-order valence-corrected chi connectivity index (χ4v) is 3.76. The van der Waals surface area contributed by atoms with Crippen LogP contribution in [0.4, 0.5) is 5.69 Å². The zero-order chi connectivity index (χ0) is 15.6. The van der Waals surface area contributed by atoms with Crippen molar-refractivity contribution >= 4 is 34.8 Å². The van der Waals surface area contributed by atoms with Crippen LogP contribution in [-0.2, 0) is 11.2 Å². The second-order valence-electron chi connectivity index (χ2n) is 4.25. The van der Waals surface area contributed by atoms with Crippen molar-refractivity contribution in [1.29, 1.82) is 0 Å². The predicted molar refractivity (Wildman–Crippen MR) is 77.9 cm³/mol. The lowest BCUT2D eigenvalue weighted by molar-refractivity contribution is -0.388. The second kappa shape index (κ2) is 6.19. The van der Waals surface area contributed by atoms with Crippen LogP contribution >= 0.6 is 23.1 Å². The van der Waals surface area contributed by atoms with E-state index in [0.717, 1.165) is 11.8 Å². The highest BCUT2D eigenvalue weighted by molar-refractivity contribution is 8.01. The molecule has 0 atom stereocenters. The number of nitro groups is 1. The first-order chi connectivity index (χ1) is 9.86. The summed E-state index contributed by atoms with van der Waals surface area (Å²) in [5, 5.41) is 20.1. The molecule has 2 aromatic rings. The van der Waals surface area contributed by atoms with E-state index in [1.165, 1.54) is 17.4 Å². The lowest BCUT2D eigenvalue weighted by Gasteiger charge is -2.00. The van der Waals surface area contributed by atoms with Gasteiger partial charge in [0.05, 0.1) is 17.0 Å². The second-order valence-corrected chi connectivity index (χ2v) is 6.57. The molecule has 7 nitrogen and oxygen atoms in total. The molecular formula is C12H11N3O4S2. The van der Waals surface area contributed by atoms with Gasteiger partial charge < -0.3 is 5.11 Å². The predicted octanol–water partition coefficient (Wildman–Crippen LogP) is 2.84. The number of carbonyl (C=O) groups is 1. The molecule has 9 heteroatoms. The Morgan fingerprint density at radius 3 is 2.86 bits per heavy atom. The Bertz CT molecular complexity index is 715. The van der Waals surface area contributed by atoms with Gasteiger partial charge in [-0.1, -0.05) is 0 Å². The molecule has 0 aliphatic heterocycles. The molecule has 0 spiro atoms. The molecule has 0 aliphatic rings. The molecule has 0 aliphatic carbocycles. The van der Waals surface area contributed by atoms with Crippen molar-refractivity contribution in [2.24, 2.45) is 0 Å². The molecule has 0 saturated carbocycles. The molecule has 110 valence electrons. The van der Waals surface area contributed by atoms with E-state index in [4.69, 9.17) is 5.11 Å². The van der Waals surface area contributed by atoms with Crippen LogP contribution in [0.1, 0.15) is 16.1 Å². The van der Waals surface area contributed by atoms with Crippen LogP contribution in [0.25, 0.3) is 0 Å². The SMILES string of the molecule is Cc1cnc(Sc2nc(C)c(CC(=O)O)s2)c([N+](=O)[O-])c1. The van der Waals surface area contributed by atoms with Gasteiger partial charge >= 0.3 is 11.7 Å². The maximum atomic E-state index is 11.0. The van der Waals surface area contributed by atoms with E-state index in [0.29, 0.717) is 20.5 Å². The first-order valence-electron chi connectivity index (χ1n) is 5.84. The van der Waals surface area contributed by atoms with E-state index in [1.54, 1.807) is 20.0 Å². The summed E-state index contributed by atoms with van der Waals surface area (Å²) < 4.78 is 0.545. The Morgan fingerprint density at radius 1 is 1.52 bits per heavy atom. The minimum atomic E-state index is -0.933. The first kappa shape index (κ1) is 15.4. The number of nitrogens with zero attached hydrogens (tertiary/aromatic N) is 3. The molecule has 0 amide bonds. The maximum absolute atomic E-state index is 11.0. The quantitative estimate of drug-likeness (QED) is 0.665. The first-order valence-corrected chi connectivity index (χ1v) is 7.47. The summed E-state index contributed by atoms with van der Waals surface area (Å²) in [6.07, 6.45) is 1.45. The van der Waals surface area contributed by atoms with Gasteiger partial charge in [0.15, 0.2) is 9.37 Å². The largest absolute Gasteiger partial charge is 0.481 e. The fourth-order valence-electron chi connectivity index (χ4n) is 1.58. The number of hydrogen-bond donors (Lipinski definition) is 1. The molecule has 21 heavy (non-hydrogen) atoms. The standard InChI is InChI=1S/C12H11N3O4S2/c1-6-3-8(15(18)19)11(13-5-6)21-12-14-7(2)9(20-12)4-10(16)17/h3,5H,4H2,1-2H3,(H,16,17). The highest BCUT2D eigenvalue weighted by Crippen LogP contribution is 2.36. The minimum absolute atomic E-state index is 0.0763. The monoisotopic (exact) mass is 325 g/mol. The highest BCUT2D eigenvalue weighted by atomic mass is 32.2. The topological polar surface area (TPSA) is 106 Å². The maximum Gasteiger partial charge on any atom is 0.308 e. The summed E-state index contributed by atoms with van der Waals surface area (Å²) in [5.74, 6) is -0.933. The average Bonchev–Trinajstić information content (AvgIpc) is 2.71. The van der Waals surface area contributed by atoms with E-state index >= 15 is 0 Å². The fraction of sp³-hybridized carbons (Fsp3) is 0.250. The Kier molecular flexibility index (Phi) is 4.53. The van der Waals surface area contributed by atoms with Crippen molar-refractivity contribution in [3.63, 3.8) is 0 Å². The van der Waals surface area contributed by atoms with Crippen LogP contribution in [0.2, 0.25) is 0 Å². The molecule has 1 N–H and O–H groups in total. The van der Waals surface area contributed by atoms with Crippen molar-refractivity contribution in [3.8, 4) is 0 Å². The van der Waals surface area contributed by atoms with Gasteiger partial charge in [0.25, 0.3) is 0 Å². The van der Waals surface area contributed by atoms with Gasteiger partial charge in [-0.2, -0.15) is 0 Å². The number of aliphatic carboxylic acids is 1. The smallest absolute Gasteiger partial charge is 0.308 e. The van der Waals surface area contributed by atoms with Gasteiger partial charge in [-0.05, 0) is 31.2 Å². The molecule has 0 radical (unpaired) electrons. The van der Waals surface area contributed by atoms with Gasteiger partial charge in [0, 0.05) is 17.1 Å². The molecule has 0 aromatic carbocycles. The number of pyridine rings is 1. The molecular weight excluding hydrogens is 314 g/mol. The minimum Gasteiger partial charge on any atom is -0.481 e.